The minimum absolute atomic E-state index is 0.401. The molecule has 6 nitrogen and oxygen atoms in total. The lowest BCUT2D eigenvalue weighted by atomic mass is 9.98. The fourth-order valence-corrected chi connectivity index (χ4v) is 3.15. The highest BCUT2D eigenvalue weighted by Gasteiger charge is 2.19. The molecule has 0 bridgehead atoms. The molecule has 0 amide bonds. The number of anilines is 1. The molecule has 0 aliphatic rings. The zero-order chi connectivity index (χ0) is 20.1. The van der Waals surface area contributed by atoms with Gasteiger partial charge in [0.25, 0.3) is 0 Å². The normalized spacial score (nSPS) is 10.8. The largest absolute Gasteiger partial charge is 0.497 e. The van der Waals surface area contributed by atoms with Crippen molar-refractivity contribution in [2.45, 2.75) is 6.42 Å². The molecule has 0 saturated heterocycles. The highest BCUT2D eigenvalue weighted by Crippen LogP contribution is 2.43. The lowest BCUT2D eigenvalue weighted by Crippen LogP contribution is -2.10. The minimum Gasteiger partial charge on any atom is -0.497 e. The summed E-state index contributed by atoms with van der Waals surface area (Å²) in [5.74, 6) is 1.81. The number of hydrogen-bond acceptors (Lipinski definition) is 6. The Bertz CT molecular complexity index is 979. The summed E-state index contributed by atoms with van der Waals surface area (Å²) < 4.78 is 31.0. The van der Waals surface area contributed by atoms with Gasteiger partial charge in [0, 0.05) is 40.7 Å². The van der Waals surface area contributed by atoms with Crippen LogP contribution in [0.15, 0.2) is 36.5 Å². The van der Waals surface area contributed by atoms with Crippen molar-refractivity contribution < 1.29 is 18.6 Å². The third-order valence-corrected chi connectivity index (χ3v) is 4.53. The fraction of sp³-hybridized carbons (Fsp3) is 0.286. The fourth-order valence-electron chi connectivity index (χ4n) is 3.15. The summed E-state index contributed by atoms with van der Waals surface area (Å²) in [6.07, 6.45) is 2.45. The molecule has 0 fully saturated rings. The number of benzene rings is 2. The van der Waals surface area contributed by atoms with Gasteiger partial charge >= 0.3 is 0 Å². The number of pyridine rings is 1. The maximum Gasteiger partial charge on any atom is 0.169 e. The Kier molecular flexibility index (Phi) is 6.16. The van der Waals surface area contributed by atoms with Crippen molar-refractivity contribution in [3.63, 3.8) is 0 Å². The highest BCUT2D eigenvalue weighted by molar-refractivity contribution is 6.06. The molecule has 0 saturated carbocycles. The van der Waals surface area contributed by atoms with E-state index in [0.29, 0.717) is 47.3 Å². The highest BCUT2D eigenvalue weighted by atomic mass is 19.1. The van der Waals surface area contributed by atoms with Crippen LogP contribution in [0, 0.1) is 5.82 Å². The van der Waals surface area contributed by atoms with Crippen molar-refractivity contribution in [1.29, 1.82) is 0 Å². The quantitative estimate of drug-likeness (QED) is 0.574. The van der Waals surface area contributed by atoms with Crippen LogP contribution in [0.5, 0.6) is 17.2 Å². The van der Waals surface area contributed by atoms with E-state index in [9.17, 15) is 4.39 Å². The molecule has 0 radical (unpaired) electrons. The van der Waals surface area contributed by atoms with Crippen molar-refractivity contribution in [3.8, 4) is 28.4 Å². The van der Waals surface area contributed by atoms with Gasteiger partial charge in [-0.05, 0) is 37.2 Å². The van der Waals surface area contributed by atoms with Gasteiger partial charge in [-0.25, -0.2) is 9.37 Å². The van der Waals surface area contributed by atoms with Crippen LogP contribution < -0.4 is 25.3 Å². The van der Waals surface area contributed by atoms with Gasteiger partial charge in [0.1, 0.15) is 17.4 Å². The van der Waals surface area contributed by atoms with Crippen LogP contribution in [0.2, 0.25) is 0 Å². The second-order valence-corrected chi connectivity index (χ2v) is 6.16. The van der Waals surface area contributed by atoms with Crippen LogP contribution in [0.4, 0.5) is 10.2 Å². The van der Waals surface area contributed by atoms with E-state index in [1.54, 1.807) is 32.5 Å². The molecule has 3 N–H and O–H groups in total. The summed E-state index contributed by atoms with van der Waals surface area (Å²) in [6.45, 7) is 1.26. The van der Waals surface area contributed by atoms with Crippen molar-refractivity contribution in [2.75, 3.05) is 39.7 Å². The maximum atomic E-state index is 14.8. The molecule has 0 spiro atoms. The van der Waals surface area contributed by atoms with Crippen LogP contribution in [0.25, 0.3) is 21.9 Å². The van der Waals surface area contributed by atoms with E-state index in [2.05, 4.69) is 10.3 Å². The first-order chi connectivity index (χ1) is 13.6. The predicted octanol–water partition coefficient (Wildman–Crippen LogP) is 3.83. The molecule has 0 aliphatic heterocycles. The van der Waals surface area contributed by atoms with Gasteiger partial charge < -0.3 is 25.3 Å². The van der Waals surface area contributed by atoms with Crippen molar-refractivity contribution in [1.82, 2.24) is 4.98 Å². The third-order valence-electron chi connectivity index (χ3n) is 4.53. The lowest BCUT2D eigenvalue weighted by Gasteiger charge is -2.17. The molecular formula is C21H24FN3O3. The molecule has 0 aliphatic carbocycles. The van der Waals surface area contributed by atoms with E-state index >= 15 is 0 Å². The Morgan fingerprint density at radius 2 is 1.86 bits per heavy atom. The number of methoxy groups -OCH3 is 3. The Labute approximate surface area is 163 Å². The van der Waals surface area contributed by atoms with Crippen molar-refractivity contribution >= 4 is 16.6 Å². The van der Waals surface area contributed by atoms with Crippen LogP contribution in [0.3, 0.4) is 0 Å². The van der Waals surface area contributed by atoms with E-state index in [0.717, 1.165) is 17.2 Å². The number of halogens is 1. The molecule has 28 heavy (non-hydrogen) atoms. The van der Waals surface area contributed by atoms with Gasteiger partial charge in [0.15, 0.2) is 11.5 Å². The topological polar surface area (TPSA) is 78.6 Å². The molecule has 1 aromatic heterocycles. The van der Waals surface area contributed by atoms with Gasteiger partial charge in [0.05, 0.1) is 21.3 Å². The smallest absolute Gasteiger partial charge is 0.169 e. The first kappa shape index (κ1) is 19.7. The van der Waals surface area contributed by atoms with Crippen molar-refractivity contribution in [2.24, 2.45) is 5.73 Å². The second-order valence-electron chi connectivity index (χ2n) is 6.16. The van der Waals surface area contributed by atoms with Crippen LogP contribution >= 0.6 is 0 Å². The monoisotopic (exact) mass is 385 g/mol. The number of aromatic nitrogens is 1. The van der Waals surface area contributed by atoms with Gasteiger partial charge in [-0.3, -0.25) is 0 Å². The summed E-state index contributed by atoms with van der Waals surface area (Å²) >= 11 is 0. The van der Waals surface area contributed by atoms with Crippen LogP contribution in [-0.4, -0.2) is 39.4 Å². The summed E-state index contributed by atoms with van der Waals surface area (Å²) in [7, 11) is 4.63. The second kappa shape index (κ2) is 8.75. The van der Waals surface area contributed by atoms with Crippen molar-refractivity contribution in [3.05, 3.63) is 42.3 Å². The van der Waals surface area contributed by atoms with E-state index in [4.69, 9.17) is 19.9 Å². The maximum absolute atomic E-state index is 14.8. The minimum atomic E-state index is -0.406. The van der Waals surface area contributed by atoms with Gasteiger partial charge in [0.2, 0.25) is 0 Å². The summed E-state index contributed by atoms with van der Waals surface area (Å²) in [4.78, 5) is 4.52. The Morgan fingerprint density at radius 1 is 1.04 bits per heavy atom. The predicted molar refractivity (Wildman–Crippen MR) is 109 cm³/mol. The van der Waals surface area contributed by atoms with E-state index in [1.165, 1.54) is 13.2 Å². The molecule has 148 valence electrons. The number of fused-ring (bicyclic) bond motifs is 1. The molecule has 7 heteroatoms. The molecule has 2 aromatic carbocycles. The summed E-state index contributed by atoms with van der Waals surface area (Å²) in [5.41, 5.74) is 6.59. The van der Waals surface area contributed by atoms with Gasteiger partial charge in [-0.15, -0.1) is 0 Å². The first-order valence-corrected chi connectivity index (χ1v) is 8.96. The number of nitrogens with zero attached hydrogens (tertiary/aromatic N) is 1. The Hall–Kier alpha value is -3.06. The molecular weight excluding hydrogens is 361 g/mol. The summed E-state index contributed by atoms with van der Waals surface area (Å²) in [6, 6.07) is 8.43. The SMILES string of the molecule is COc1ccc(-c2cnc(NCCCN)c3ccc(OC)c(OC)c23)c(F)c1. The van der Waals surface area contributed by atoms with E-state index in [-0.39, 0.29) is 0 Å². The lowest BCUT2D eigenvalue weighted by molar-refractivity contribution is 0.358. The van der Waals surface area contributed by atoms with E-state index < -0.39 is 5.82 Å². The number of rotatable bonds is 8. The zero-order valence-electron chi connectivity index (χ0n) is 16.2. The molecule has 0 atom stereocenters. The summed E-state index contributed by atoms with van der Waals surface area (Å²) in [5, 5.41) is 4.81. The standard InChI is InChI=1S/C21H24FN3O3/c1-26-13-5-6-14(17(22)11-13)16-12-25-21(24-10-4-9-23)15-7-8-18(27-2)20(28-3)19(15)16/h5-8,11-12H,4,9-10,23H2,1-3H3,(H,24,25). The van der Waals surface area contributed by atoms with Gasteiger partial charge in [-0.2, -0.15) is 0 Å². The molecule has 3 rings (SSSR count). The number of hydrogen-bond donors (Lipinski definition) is 2. The number of nitrogens with two attached hydrogens (primary N) is 1. The number of nitrogens with one attached hydrogen (secondary N) is 1. The van der Waals surface area contributed by atoms with Crippen LogP contribution in [0.1, 0.15) is 6.42 Å². The average molecular weight is 385 g/mol. The Balaban J connectivity index is 2.26. The van der Waals surface area contributed by atoms with E-state index in [1.807, 2.05) is 12.1 Å². The molecule has 0 unspecified atom stereocenters. The number of ether oxygens (including phenoxy) is 3. The van der Waals surface area contributed by atoms with Crippen LogP contribution in [-0.2, 0) is 0 Å². The third kappa shape index (κ3) is 3.66. The molecule has 1 heterocycles. The average Bonchev–Trinajstić information content (AvgIpc) is 2.73. The first-order valence-electron chi connectivity index (χ1n) is 8.96. The zero-order valence-corrected chi connectivity index (χ0v) is 16.2. The Morgan fingerprint density at radius 3 is 2.50 bits per heavy atom. The van der Waals surface area contributed by atoms with Gasteiger partial charge in [-0.1, -0.05) is 0 Å². The molecule has 3 aromatic rings.